The Kier molecular flexibility index (Phi) is 4.34. The van der Waals surface area contributed by atoms with Crippen LogP contribution in [-0.2, 0) is 6.42 Å². The van der Waals surface area contributed by atoms with Gasteiger partial charge >= 0.3 is 0 Å². The lowest BCUT2D eigenvalue weighted by atomic mass is 10.1. The van der Waals surface area contributed by atoms with Crippen molar-refractivity contribution in [1.82, 2.24) is 14.5 Å². The monoisotopic (exact) mass is 315 g/mol. The van der Waals surface area contributed by atoms with Crippen LogP contribution in [0.1, 0.15) is 36.8 Å². The van der Waals surface area contributed by atoms with Gasteiger partial charge in [-0.05, 0) is 36.6 Å². The van der Waals surface area contributed by atoms with E-state index in [1.165, 1.54) is 10.9 Å². The highest BCUT2D eigenvalue weighted by Gasteiger charge is 2.16. The van der Waals surface area contributed by atoms with E-state index in [1.54, 1.807) is 23.6 Å². The Morgan fingerprint density at radius 3 is 2.86 bits per heavy atom. The van der Waals surface area contributed by atoms with Crippen LogP contribution in [-0.4, -0.2) is 14.5 Å². The summed E-state index contributed by atoms with van der Waals surface area (Å²) in [6.45, 7) is 4.19. The van der Waals surface area contributed by atoms with Crippen molar-refractivity contribution < 1.29 is 4.39 Å². The molecule has 2 aromatic heterocycles. The summed E-state index contributed by atoms with van der Waals surface area (Å²) in [4.78, 5) is 9.89. The number of imidazole rings is 1. The minimum absolute atomic E-state index is 0.192. The lowest BCUT2D eigenvalue weighted by Crippen LogP contribution is -2.05. The fourth-order valence-corrected chi connectivity index (χ4v) is 3.81. The maximum absolute atomic E-state index is 13.4. The molecule has 0 fully saturated rings. The van der Waals surface area contributed by atoms with E-state index in [2.05, 4.69) is 21.5 Å². The number of hydrogen-bond donors (Lipinski definition) is 0. The highest BCUT2D eigenvalue weighted by atomic mass is 32.1. The van der Waals surface area contributed by atoms with Gasteiger partial charge in [0.25, 0.3) is 0 Å². The second kappa shape index (κ2) is 6.40. The lowest BCUT2D eigenvalue weighted by Gasteiger charge is -2.13. The molecule has 2 heterocycles. The molecule has 1 unspecified atom stereocenters. The minimum atomic E-state index is -0.192. The van der Waals surface area contributed by atoms with Crippen molar-refractivity contribution in [2.45, 2.75) is 32.7 Å². The number of halogens is 1. The predicted octanol–water partition coefficient (Wildman–Crippen LogP) is 4.71. The number of aromatic nitrogens is 3. The molecule has 0 spiro atoms. The summed E-state index contributed by atoms with van der Waals surface area (Å²) in [7, 11) is 0. The molecular formula is C17H18FN3S. The summed E-state index contributed by atoms with van der Waals surface area (Å²) >= 11 is 1.67. The Morgan fingerprint density at radius 1 is 1.32 bits per heavy atom. The number of rotatable bonds is 5. The van der Waals surface area contributed by atoms with Gasteiger partial charge in [-0.15, -0.1) is 11.3 Å². The molecule has 0 amide bonds. The molecule has 0 aliphatic carbocycles. The summed E-state index contributed by atoms with van der Waals surface area (Å²) in [5.74, 6) is -0.192. The minimum Gasteiger partial charge on any atom is -0.329 e. The first-order chi connectivity index (χ1) is 10.7. The van der Waals surface area contributed by atoms with Crippen LogP contribution < -0.4 is 0 Å². The van der Waals surface area contributed by atoms with Crippen LogP contribution in [0.5, 0.6) is 0 Å². The first kappa shape index (κ1) is 14.9. The molecule has 0 aliphatic heterocycles. The largest absolute Gasteiger partial charge is 0.329 e. The van der Waals surface area contributed by atoms with Crippen molar-refractivity contribution in [3.8, 4) is 10.6 Å². The zero-order valence-corrected chi connectivity index (χ0v) is 13.5. The van der Waals surface area contributed by atoms with E-state index in [9.17, 15) is 4.39 Å². The van der Waals surface area contributed by atoms with Crippen LogP contribution in [0.3, 0.4) is 0 Å². The summed E-state index contributed by atoms with van der Waals surface area (Å²) in [5, 5.41) is 0.949. The van der Waals surface area contributed by atoms with E-state index >= 15 is 0 Å². The van der Waals surface area contributed by atoms with E-state index in [0.717, 1.165) is 29.0 Å². The molecule has 0 saturated heterocycles. The van der Waals surface area contributed by atoms with Crippen LogP contribution >= 0.6 is 11.3 Å². The Balaban J connectivity index is 1.97. The molecule has 0 saturated carbocycles. The maximum Gasteiger partial charge on any atom is 0.123 e. The predicted molar refractivity (Wildman–Crippen MR) is 87.5 cm³/mol. The van der Waals surface area contributed by atoms with Crippen LogP contribution in [0.15, 0.2) is 43.1 Å². The number of benzene rings is 1. The Hall–Kier alpha value is -2.01. The Morgan fingerprint density at radius 2 is 2.18 bits per heavy atom. The topological polar surface area (TPSA) is 30.7 Å². The quantitative estimate of drug-likeness (QED) is 0.683. The van der Waals surface area contributed by atoms with Crippen molar-refractivity contribution in [2.75, 3.05) is 0 Å². The zero-order valence-electron chi connectivity index (χ0n) is 12.7. The molecule has 3 nitrogen and oxygen atoms in total. The first-order valence-electron chi connectivity index (χ1n) is 7.44. The summed E-state index contributed by atoms with van der Waals surface area (Å²) in [6.07, 6.45) is 9.30. The summed E-state index contributed by atoms with van der Waals surface area (Å²) < 4.78 is 15.5. The standard InChI is InChI=1S/C17H18FN3S/c1-3-12-9-13(18)5-6-14(12)17-20-10-16(22-17)15(4-2)21-8-7-19-11-21/h5-11,15H,3-4H2,1-2H3. The molecule has 22 heavy (non-hydrogen) atoms. The van der Waals surface area contributed by atoms with Gasteiger partial charge in [-0.3, -0.25) is 0 Å². The van der Waals surface area contributed by atoms with Crippen LogP contribution in [0.25, 0.3) is 10.6 Å². The van der Waals surface area contributed by atoms with Gasteiger partial charge in [-0.25, -0.2) is 14.4 Å². The highest BCUT2D eigenvalue weighted by molar-refractivity contribution is 7.15. The number of hydrogen-bond acceptors (Lipinski definition) is 3. The van der Waals surface area contributed by atoms with Crippen LogP contribution in [0, 0.1) is 5.82 Å². The molecule has 0 N–H and O–H groups in total. The Bertz CT molecular complexity index is 749. The molecule has 0 radical (unpaired) electrons. The van der Waals surface area contributed by atoms with Gasteiger partial charge in [-0.1, -0.05) is 13.8 Å². The molecular weight excluding hydrogens is 297 g/mol. The summed E-state index contributed by atoms with van der Waals surface area (Å²) in [6, 6.07) is 5.18. The molecule has 0 bridgehead atoms. The molecule has 0 aliphatic rings. The van der Waals surface area contributed by atoms with Crippen molar-refractivity contribution in [3.05, 3.63) is 59.4 Å². The number of nitrogens with zero attached hydrogens (tertiary/aromatic N) is 3. The van der Waals surface area contributed by atoms with Gasteiger partial charge in [0.05, 0.1) is 12.4 Å². The van der Waals surface area contributed by atoms with E-state index < -0.39 is 0 Å². The van der Waals surface area contributed by atoms with Gasteiger partial charge in [0.2, 0.25) is 0 Å². The average molecular weight is 315 g/mol. The van der Waals surface area contributed by atoms with E-state index in [1.807, 2.05) is 31.7 Å². The van der Waals surface area contributed by atoms with E-state index in [4.69, 9.17) is 0 Å². The third kappa shape index (κ3) is 2.81. The van der Waals surface area contributed by atoms with Gasteiger partial charge in [0.1, 0.15) is 10.8 Å². The smallest absolute Gasteiger partial charge is 0.123 e. The van der Waals surface area contributed by atoms with Gasteiger partial charge in [0, 0.05) is 29.0 Å². The molecule has 5 heteroatoms. The van der Waals surface area contributed by atoms with E-state index in [-0.39, 0.29) is 11.9 Å². The molecule has 3 rings (SSSR count). The second-order valence-electron chi connectivity index (χ2n) is 5.16. The third-order valence-electron chi connectivity index (χ3n) is 3.80. The highest BCUT2D eigenvalue weighted by Crippen LogP contribution is 2.34. The van der Waals surface area contributed by atoms with Crippen molar-refractivity contribution in [2.24, 2.45) is 0 Å². The third-order valence-corrected chi connectivity index (χ3v) is 4.93. The van der Waals surface area contributed by atoms with Crippen LogP contribution in [0.2, 0.25) is 0 Å². The Labute approximate surface area is 133 Å². The van der Waals surface area contributed by atoms with Crippen molar-refractivity contribution >= 4 is 11.3 Å². The van der Waals surface area contributed by atoms with Crippen molar-refractivity contribution in [1.29, 1.82) is 0 Å². The van der Waals surface area contributed by atoms with Gasteiger partial charge < -0.3 is 4.57 Å². The molecule has 114 valence electrons. The maximum atomic E-state index is 13.4. The molecule has 3 aromatic rings. The normalized spacial score (nSPS) is 12.5. The van der Waals surface area contributed by atoms with E-state index in [0.29, 0.717) is 0 Å². The molecule has 1 atom stereocenters. The fraction of sp³-hybridized carbons (Fsp3) is 0.294. The number of thiazole rings is 1. The summed E-state index contributed by atoms with van der Waals surface area (Å²) in [5.41, 5.74) is 2.03. The lowest BCUT2D eigenvalue weighted by molar-refractivity contribution is 0.574. The van der Waals surface area contributed by atoms with Gasteiger partial charge in [0.15, 0.2) is 0 Å². The van der Waals surface area contributed by atoms with Crippen molar-refractivity contribution in [3.63, 3.8) is 0 Å². The number of aryl methyl sites for hydroxylation is 1. The SMILES string of the molecule is CCc1cc(F)ccc1-c1ncc(C(CC)n2ccnc2)s1. The molecule has 1 aromatic carbocycles. The second-order valence-corrected chi connectivity index (χ2v) is 6.22. The first-order valence-corrected chi connectivity index (χ1v) is 8.26. The zero-order chi connectivity index (χ0) is 15.5. The average Bonchev–Trinajstić information content (AvgIpc) is 3.20. The van der Waals surface area contributed by atoms with Crippen LogP contribution in [0.4, 0.5) is 4.39 Å². The fourth-order valence-electron chi connectivity index (χ4n) is 2.64. The van der Waals surface area contributed by atoms with Gasteiger partial charge in [-0.2, -0.15) is 0 Å².